The van der Waals surface area contributed by atoms with Gasteiger partial charge in [-0.15, -0.1) is 0 Å². The van der Waals surface area contributed by atoms with Crippen LogP contribution in [0.25, 0.3) is 0 Å². The van der Waals surface area contributed by atoms with Crippen molar-refractivity contribution >= 4 is 5.97 Å². The molecule has 2 rings (SSSR count). The highest BCUT2D eigenvalue weighted by Crippen LogP contribution is 2.21. The largest absolute Gasteiger partial charge is 0.478 e. The number of furan rings is 1. The van der Waals surface area contributed by atoms with Crippen molar-refractivity contribution in [3.8, 4) is 0 Å². The van der Waals surface area contributed by atoms with Gasteiger partial charge in [0.15, 0.2) is 0 Å². The van der Waals surface area contributed by atoms with Crippen LogP contribution in [-0.4, -0.2) is 29.1 Å². The Balaban J connectivity index is 1.93. The van der Waals surface area contributed by atoms with Crippen LogP contribution in [0.5, 0.6) is 0 Å². The molecule has 4 nitrogen and oxygen atoms in total. The van der Waals surface area contributed by atoms with E-state index >= 15 is 0 Å². The molecular weight excluding hydrogens is 218 g/mol. The van der Waals surface area contributed by atoms with Gasteiger partial charge in [-0.3, -0.25) is 4.90 Å². The number of rotatable bonds is 4. The Morgan fingerprint density at radius 2 is 2.47 bits per heavy atom. The zero-order valence-electron chi connectivity index (χ0n) is 10.2. The van der Waals surface area contributed by atoms with Gasteiger partial charge in [-0.05, 0) is 31.4 Å². The Bertz CT molecular complexity index is 386. The Hall–Kier alpha value is -1.29. The minimum atomic E-state index is -0.926. The van der Waals surface area contributed by atoms with Crippen molar-refractivity contribution in [2.24, 2.45) is 5.92 Å². The topological polar surface area (TPSA) is 53.7 Å². The Morgan fingerprint density at radius 3 is 3.12 bits per heavy atom. The van der Waals surface area contributed by atoms with Gasteiger partial charge in [0, 0.05) is 6.54 Å². The minimum Gasteiger partial charge on any atom is -0.478 e. The molecule has 17 heavy (non-hydrogen) atoms. The zero-order chi connectivity index (χ0) is 12.3. The van der Waals surface area contributed by atoms with Crippen molar-refractivity contribution in [1.29, 1.82) is 0 Å². The maximum absolute atomic E-state index is 10.7. The van der Waals surface area contributed by atoms with E-state index in [1.807, 2.05) is 0 Å². The first-order valence-corrected chi connectivity index (χ1v) is 6.22. The third kappa shape index (κ3) is 3.09. The summed E-state index contributed by atoms with van der Waals surface area (Å²) in [6.07, 6.45) is 5.07. The van der Waals surface area contributed by atoms with Crippen LogP contribution in [0.3, 0.4) is 0 Å². The number of aromatic carboxylic acids is 1. The number of likely N-dealkylation sites (tertiary alicyclic amines) is 1. The van der Waals surface area contributed by atoms with Gasteiger partial charge in [-0.25, -0.2) is 4.79 Å². The van der Waals surface area contributed by atoms with Gasteiger partial charge in [0.25, 0.3) is 0 Å². The third-order valence-corrected chi connectivity index (χ3v) is 3.46. The molecule has 94 valence electrons. The molecule has 1 aliphatic rings. The Morgan fingerprint density at radius 1 is 1.65 bits per heavy atom. The van der Waals surface area contributed by atoms with Crippen molar-refractivity contribution < 1.29 is 14.3 Å². The van der Waals surface area contributed by atoms with Crippen LogP contribution >= 0.6 is 0 Å². The predicted octanol–water partition coefficient (Wildman–Crippen LogP) is 2.60. The Labute approximate surface area is 101 Å². The molecule has 0 bridgehead atoms. The molecule has 1 saturated heterocycles. The summed E-state index contributed by atoms with van der Waals surface area (Å²) in [6, 6.07) is 1.62. The van der Waals surface area contributed by atoms with E-state index in [0.29, 0.717) is 0 Å². The van der Waals surface area contributed by atoms with Crippen molar-refractivity contribution in [3.05, 3.63) is 23.7 Å². The smallest absolute Gasteiger partial charge is 0.338 e. The molecular formula is C13H19NO3. The maximum atomic E-state index is 10.7. The number of hydrogen-bond donors (Lipinski definition) is 1. The molecule has 1 atom stereocenters. The molecule has 0 amide bonds. The van der Waals surface area contributed by atoms with Gasteiger partial charge in [0.1, 0.15) is 12.0 Å². The SMILES string of the molecule is CCC1CCCN(Cc2cc(C(=O)O)co2)C1. The van der Waals surface area contributed by atoms with E-state index in [0.717, 1.165) is 31.3 Å². The molecule has 0 saturated carbocycles. The molecule has 1 fully saturated rings. The predicted molar refractivity (Wildman–Crippen MR) is 64.0 cm³/mol. The standard InChI is InChI=1S/C13H19NO3/c1-2-10-4-3-5-14(7-10)8-12-6-11(9-17-12)13(15)16/h6,9-10H,2-5,7-8H2,1H3,(H,15,16). The zero-order valence-corrected chi connectivity index (χ0v) is 10.2. The fourth-order valence-corrected chi connectivity index (χ4v) is 2.42. The highest BCUT2D eigenvalue weighted by Gasteiger charge is 2.19. The minimum absolute atomic E-state index is 0.240. The summed E-state index contributed by atoms with van der Waals surface area (Å²) in [5.41, 5.74) is 0.240. The van der Waals surface area contributed by atoms with Gasteiger partial charge in [0.2, 0.25) is 0 Å². The van der Waals surface area contributed by atoms with Crippen LogP contribution in [0.4, 0.5) is 0 Å². The molecule has 1 N–H and O–H groups in total. The quantitative estimate of drug-likeness (QED) is 0.874. The van der Waals surface area contributed by atoms with E-state index in [9.17, 15) is 4.79 Å². The summed E-state index contributed by atoms with van der Waals surface area (Å²) < 4.78 is 5.28. The van der Waals surface area contributed by atoms with Gasteiger partial charge in [0.05, 0.1) is 12.1 Å². The van der Waals surface area contributed by atoms with Crippen LogP contribution in [0.2, 0.25) is 0 Å². The van der Waals surface area contributed by atoms with Crippen molar-refractivity contribution in [2.45, 2.75) is 32.7 Å². The number of nitrogens with zero attached hydrogens (tertiary/aromatic N) is 1. The summed E-state index contributed by atoms with van der Waals surface area (Å²) in [6.45, 7) is 5.13. The molecule has 2 heterocycles. The van der Waals surface area contributed by atoms with Crippen LogP contribution in [0.1, 0.15) is 42.3 Å². The fraction of sp³-hybridized carbons (Fsp3) is 0.615. The van der Waals surface area contributed by atoms with Gasteiger partial charge >= 0.3 is 5.97 Å². The van der Waals surface area contributed by atoms with E-state index in [1.54, 1.807) is 6.07 Å². The van der Waals surface area contributed by atoms with Crippen LogP contribution in [0, 0.1) is 5.92 Å². The molecule has 0 radical (unpaired) electrons. The normalized spacial score (nSPS) is 21.6. The lowest BCUT2D eigenvalue weighted by Gasteiger charge is -2.31. The second-order valence-electron chi connectivity index (χ2n) is 4.76. The molecule has 0 aliphatic carbocycles. The van der Waals surface area contributed by atoms with Gasteiger partial charge in [-0.1, -0.05) is 13.3 Å². The van der Waals surface area contributed by atoms with E-state index < -0.39 is 5.97 Å². The van der Waals surface area contributed by atoms with E-state index in [2.05, 4.69) is 11.8 Å². The first-order valence-electron chi connectivity index (χ1n) is 6.22. The summed E-state index contributed by atoms with van der Waals surface area (Å²) in [5.74, 6) is 0.599. The second kappa shape index (κ2) is 5.36. The lowest BCUT2D eigenvalue weighted by atomic mass is 9.96. The van der Waals surface area contributed by atoms with Crippen molar-refractivity contribution in [1.82, 2.24) is 4.90 Å². The maximum Gasteiger partial charge on any atom is 0.338 e. The summed E-state index contributed by atoms with van der Waals surface area (Å²) in [5, 5.41) is 8.81. The lowest BCUT2D eigenvalue weighted by molar-refractivity contribution is 0.0696. The Kier molecular flexibility index (Phi) is 3.84. The van der Waals surface area contributed by atoms with Gasteiger partial charge in [-0.2, -0.15) is 0 Å². The number of carboxylic acid groups (broad SMARTS) is 1. The lowest BCUT2D eigenvalue weighted by Crippen LogP contribution is -2.34. The molecule has 1 unspecified atom stereocenters. The van der Waals surface area contributed by atoms with Crippen LogP contribution in [-0.2, 0) is 6.54 Å². The fourth-order valence-electron chi connectivity index (χ4n) is 2.42. The number of carbonyl (C=O) groups is 1. The third-order valence-electron chi connectivity index (χ3n) is 3.46. The van der Waals surface area contributed by atoms with Gasteiger partial charge < -0.3 is 9.52 Å². The number of hydrogen-bond acceptors (Lipinski definition) is 3. The second-order valence-corrected chi connectivity index (χ2v) is 4.76. The molecule has 4 heteroatoms. The summed E-state index contributed by atoms with van der Waals surface area (Å²) >= 11 is 0. The molecule has 1 aromatic heterocycles. The summed E-state index contributed by atoms with van der Waals surface area (Å²) in [4.78, 5) is 13.1. The van der Waals surface area contributed by atoms with Crippen LogP contribution in [0.15, 0.2) is 16.7 Å². The van der Waals surface area contributed by atoms with Crippen molar-refractivity contribution in [2.75, 3.05) is 13.1 Å². The highest BCUT2D eigenvalue weighted by molar-refractivity contribution is 5.87. The molecule has 0 aromatic carbocycles. The first kappa shape index (κ1) is 12.2. The molecule has 1 aromatic rings. The first-order chi connectivity index (χ1) is 8.19. The number of piperidine rings is 1. The van der Waals surface area contributed by atoms with E-state index in [4.69, 9.17) is 9.52 Å². The molecule has 0 spiro atoms. The van der Waals surface area contributed by atoms with Crippen molar-refractivity contribution in [3.63, 3.8) is 0 Å². The summed E-state index contributed by atoms with van der Waals surface area (Å²) in [7, 11) is 0. The number of carboxylic acids is 1. The average molecular weight is 237 g/mol. The molecule has 1 aliphatic heterocycles. The highest BCUT2D eigenvalue weighted by atomic mass is 16.4. The van der Waals surface area contributed by atoms with Crippen LogP contribution < -0.4 is 0 Å². The monoisotopic (exact) mass is 237 g/mol. The van der Waals surface area contributed by atoms with E-state index in [1.165, 1.54) is 25.5 Å². The average Bonchev–Trinajstić information content (AvgIpc) is 2.78. The van der Waals surface area contributed by atoms with E-state index in [-0.39, 0.29) is 5.56 Å².